The molecule has 1 amide bonds. The van der Waals surface area contributed by atoms with Gasteiger partial charge >= 0.3 is 0 Å². The topological polar surface area (TPSA) is 38.1 Å². The van der Waals surface area contributed by atoms with Gasteiger partial charge in [0.1, 0.15) is 0 Å². The number of aromatic nitrogens is 2. The molecular formula is C16H21N3OS. The molecule has 0 saturated carbocycles. The minimum absolute atomic E-state index is 0.0171. The Labute approximate surface area is 130 Å². The van der Waals surface area contributed by atoms with Gasteiger partial charge in [-0.1, -0.05) is 30.3 Å². The molecule has 1 aromatic carbocycles. The highest BCUT2D eigenvalue weighted by molar-refractivity contribution is 7.98. The van der Waals surface area contributed by atoms with Gasteiger partial charge in [0.05, 0.1) is 17.5 Å². The van der Waals surface area contributed by atoms with Crippen LogP contribution in [-0.4, -0.2) is 45.7 Å². The van der Waals surface area contributed by atoms with Crippen LogP contribution >= 0.6 is 11.8 Å². The highest BCUT2D eigenvalue weighted by Gasteiger charge is 2.23. The van der Waals surface area contributed by atoms with Crippen molar-refractivity contribution in [3.05, 3.63) is 42.1 Å². The largest absolute Gasteiger partial charge is 0.338 e. The lowest BCUT2D eigenvalue weighted by molar-refractivity contribution is 0.0758. The minimum Gasteiger partial charge on any atom is -0.338 e. The Balaban J connectivity index is 2.35. The van der Waals surface area contributed by atoms with E-state index in [1.54, 1.807) is 27.5 Å². The van der Waals surface area contributed by atoms with Crippen molar-refractivity contribution >= 4 is 17.7 Å². The molecule has 1 atom stereocenters. The van der Waals surface area contributed by atoms with Crippen LogP contribution in [0.2, 0.25) is 0 Å². The molecule has 0 aliphatic carbocycles. The van der Waals surface area contributed by atoms with Crippen LogP contribution in [0, 0.1) is 0 Å². The quantitative estimate of drug-likeness (QED) is 0.852. The Morgan fingerprint density at radius 3 is 2.67 bits per heavy atom. The van der Waals surface area contributed by atoms with Gasteiger partial charge < -0.3 is 4.90 Å². The molecular weight excluding hydrogens is 282 g/mol. The summed E-state index contributed by atoms with van der Waals surface area (Å²) in [6, 6.07) is 10.1. The maximum Gasteiger partial charge on any atom is 0.257 e. The predicted octanol–water partition coefficient (Wildman–Crippen LogP) is 2.91. The normalized spacial score (nSPS) is 12.2. The van der Waals surface area contributed by atoms with E-state index in [9.17, 15) is 4.79 Å². The number of aryl methyl sites for hydroxylation is 1. The van der Waals surface area contributed by atoms with Gasteiger partial charge in [0.15, 0.2) is 0 Å². The highest BCUT2D eigenvalue weighted by atomic mass is 32.2. The van der Waals surface area contributed by atoms with Gasteiger partial charge in [-0.3, -0.25) is 9.48 Å². The summed E-state index contributed by atoms with van der Waals surface area (Å²) in [6.07, 6.45) is 3.71. The molecule has 112 valence electrons. The molecule has 2 rings (SSSR count). The zero-order chi connectivity index (χ0) is 15.4. The number of carbonyl (C=O) groups excluding carboxylic acids is 1. The van der Waals surface area contributed by atoms with Gasteiger partial charge in [0, 0.05) is 31.5 Å². The smallest absolute Gasteiger partial charge is 0.257 e. The van der Waals surface area contributed by atoms with Crippen molar-refractivity contribution in [3.8, 4) is 11.3 Å². The molecule has 1 aromatic heterocycles. The molecule has 0 fully saturated rings. The number of nitrogens with zero attached hydrogens (tertiary/aromatic N) is 3. The van der Waals surface area contributed by atoms with Crippen LogP contribution < -0.4 is 0 Å². The Morgan fingerprint density at radius 2 is 2.05 bits per heavy atom. The van der Waals surface area contributed by atoms with E-state index in [-0.39, 0.29) is 11.9 Å². The van der Waals surface area contributed by atoms with E-state index in [2.05, 4.69) is 12.0 Å². The zero-order valence-corrected chi connectivity index (χ0v) is 13.7. The summed E-state index contributed by atoms with van der Waals surface area (Å²) in [6.45, 7) is 2.06. The second-order valence-corrected chi connectivity index (χ2v) is 6.03. The average Bonchev–Trinajstić information content (AvgIpc) is 2.88. The number of hydrogen-bond acceptors (Lipinski definition) is 3. The average molecular weight is 303 g/mol. The van der Waals surface area contributed by atoms with E-state index < -0.39 is 0 Å². The van der Waals surface area contributed by atoms with Gasteiger partial charge in [-0.05, 0) is 13.2 Å². The molecule has 0 spiro atoms. The molecule has 0 radical (unpaired) electrons. The second-order valence-electron chi connectivity index (χ2n) is 5.12. The number of carbonyl (C=O) groups is 1. The van der Waals surface area contributed by atoms with E-state index in [0.29, 0.717) is 5.56 Å². The number of benzene rings is 1. The zero-order valence-electron chi connectivity index (χ0n) is 12.9. The molecule has 0 unspecified atom stereocenters. The minimum atomic E-state index is 0.0171. The maximum atomic E-state index is 12.7. The summed E-state index contributed by atoms with van der Waals surface area (Å²) in [4.78, 5) is 14.5. The van der Waals surface area contributed by atoms with Crippen molar-refractivity contribution < 1.29 is 4.79 Å². The Kier molecular flexibility index (Phi) is 5.07. The van der Waals surface area contributed by atoms with Crippen LogP contribution in [0.1, 0.15) is 17.3 Å². The molecule has 0 saturated heterocycles. The molecule has 4 nitrogen and oxygen atoms in total. The van der Waals surface area contributed by atoms with Gasteiger partial charge in [-0.25, -0.2) is 0 Å². The number of thioether (sulfide) groups is 1. The summed E-state index contributed by atoms with van der Waals surface area (Å²) < 4.78 is 1.76. The molecule has 0 aliphatic rings. The van der Waals surface area contributed by atoms with Crippen LogP contribution in [0.25, 0.3) is 11.3 Å². The van der Waals surface area contributed by atoms with Crippen molar-refractivity contribution in [1.82, 2.24) is 14.7 Å². The van der Waals surface area contributed by atoms with Crippen LogP contribution in [0.15, 0.2) is 36.5 Å². The highest BCUT2D eigenvalue weighted by Crippen LogP contribution is 2.24. The van der Waals surface area contributed by atoms with E-state index >= 15 is 0 Å². The second kappa shape index (κ2) is 6.80. The Bertz CT molecular complexity index is 609. The summed E-state index contributed by atoms with van der Waals surface area (Å²) >= 11 is 1.74. The van der Waals surface area contributed by atoms with Crippen LogP contribution in [0.3, 0.4) is 0 Å². The van der Waals surface area contributed by atoms with Crippen LogP contribution in [0.5, 0.6) is 0 Å². The predicted molar refractivity (Wildman–Crippen MR) is 88.6 cm³/mol. The van der Waals surface area contributed by atoms with Gasteiger partial charge in [-0.15, -0.1) is 0 Å². The molecule has 1 heterocycles. The molecule has 2 aromatic rings. The fourth-order valence-electron chi connectivity index (χ4n) is 2.28. The standard InChI is InChI=1S/C16H21N3OS/c1-12(11-21-4)18(2)16(20)14-10-17-19(3)15(14)13-8-6-5-7-9-13/h5-10,12H,11H2,1-4H3/t12-/m1/s1. The third-order valence-electron chi connectivity index (χ3n) is 3.61. The van der Waals surface area contributed by atoms with Crippen molar-refractivity contribution in [2.75, 3.05) is 19.1 Å². The first-order chi connectivity index (χ1) is 10.1. The molecule has 0 aliphatic heterocycles. The lowest BCUT2D eigenvalue weighted by atomic mass is 10.1. The van der Waals surface area contributed by atoms with Crippen molar-refractivity contribution in [2.24, 2.45) is 7.05 Å². The SMILES string of the molecule is CSC[C@@H](C)N(C)C(=O)c1cnn(C)c1-c1ccccc1. The first-order valence-corrected chi connectivity index (χ1v) is 8.29. The van der Waals surface area contributed by atoms with E-state index in [1.807, 2.05) is 50.7 Å². The van der Waals surface area contributed by atoms with E-state index in [4.69, 9.17) is 0 Å². The van der Waals surface area contributed by atoms with Gasteiger partial charge in [-0.2, -0.15) is 16.9 Å². The lowest BCUT2D eigenvalue weighted by Gasteiger charge is -2.24. The first-order valence-electron chi connectivity index (χ1n) is 6.89. The fourth-order valence-corrected chi connectivity index (χ4v) is 2.98. The van der Waals surface area contributed by atoms with Crippen LogP contribution in [0.4, 0.5) is 0 Å². The lowest BCUT2D eigenvalue weighted by Crippen LogP contribution is -2.36. The Hall–Kier alpha value is -1.75. The van der Waals surface area contributed by atoms with Crippen molar-refractivity contribution in [2.45, 2.75) is 13.0 Å². The first kappa shape index (κ1) is 15.6. The monoisotopic (exact) mass is 303 g/mol. The summed E-state index contributed by atoms with van der Waals surface area (Å²) in [5.74, 6) is 0.937. The van der Waals surface area contributed by atoms with Crippen molar-refractivity contribution in [1.29, 1.82) is 0 Å². The molecule has 5 heteroatoms. The number of rotatable bonds is 5. The van der Waals surface area contributed by atoms with Gasteiger partial charge in [0.25, 0.3) is 5.91 Å². The summed E-state index contributed by atoms with van der Waals surface area (Å²) in [5, 5.41) is 4.27. The Morgan fingerprint density at radius 1 is 1.38 bits per heavy atom. The van der Waals surface area contributed by atoms with Crippen LogP contribution in [-0.2, 0) is 7.05 Å². The molecule has 0 N–H and O–H groups in total. The molecule has 21 heavy (non-hydrogen) atoms. The van der Waals surface area contributed by atoms with E-state index in [0.717, 1.165) is 17.0 Å². The summed E-state index contributed by atoms with van der Waals surface area (Å²) in [7, 11) is 3.72. The third-order valence-corrected chi connectivity index (χ3v) is 4.42. The fraction of sp³-hybridized carbons (Fsp3) is 0.375. The maximum absolute atomic E-state index is 12.7. The van der Waals surface area contributed by atoms with Gasteiger partial charge in [0.2, 0.25) is 0 Å². The van der Waals surface area contributed by atoms with Crippen molar-refractivity contribution in [3.63, 3.8) is 0 Å². The molecule has 0 bridgehead atoms. The van der Waals surface area contributed by atoms with E-state index in [1.165, 1.54) is 0 Å². The number of amides is 1. The summed E-state index contributed by atoms with van der Waals surface area (Å²) in [5.41, 5.74) is 2.52. The third kappa shape index (κ3) is 3.29. The number of hydrogen-bond donors (Lipinski definition) is 0.